The molecule has 0 amide bonds. The molecular formula is C9H19N3. The summed E-state index contributed by atoms with van der Waals surface area (Å²) in [6.07, 6.45) is 5.88. The smallest absolute Gasteiger partial charge is 0.0498 e. The van der Waals surface area contributed by atoms with E-state index in [0.717, 1.165) is 0 Å². The van der Waals surface area contributed by atoms with Crippen LogP contribution >= 0.6 is 0 Å². The lowest BCUT2D eigenvalue weighted by Gasteiger charge is -2.38. The average molecular weight is 169 g/mol. The van der Waals surface area contributed by atoms with Crippen LogP contribution in [-0.4, -0.2) is 30.6 Å². The van der Waals surface area contributed by atoms with E-state index in [9.17, 15) is 0 Å². The molecule has 0 aromatic heterocycles. The summed E-state index contributed by atoms with van der Waals surface area (Å²) in [5.74, 6) is 8.02. The number of nitrogens with one attached hydrogen (secondary N) is 1. The Hall–Kier alpha value is -0.560. The molecule has 3 heteroatoms. The molecule has 1 atom stereocenters. The number of rotatable bonds is 4. The molecule has 0 bridgehead atoms. The maximum absolute atomic E-state index is 5.41. The van der Waals surface area contributed by atoms with E-state index in [0.29, 0.717) is 6.42 Å². The molecule has 0 spiro atoms. The summed E-state index contributed by atoms with van der Waals surface area (Å²) < 4.78 is 0. The van der Waals surface area contributed by atoms with Gasteiger partial charge in [0.15, 0.2) is 0 Å². The van der Waals surface area contributed by atoms with Gasteiger partial charge in [-0.25, -0.2) is 0 Å². The van der Waals surface area contributed by atoms with Gasteiger partial charge < -0.3 is 4.90 Å². The van der Waals surface area contributed by atoms with Gasteiger partial charge in [0.25, 0.3) is 0 Å². The maximum atomic E-state index is 5.41. The van der Waals surface area contributed by atoms with Gasteiger partial charge in [0.1, 0.15) is 0 Å². The van der Waals surface area contributed by atoms with E-state index in [2.05, 4.69) is 30.1 Å². The van der Waals surface area contributed by atoms with Crippen molar-refractivity contribution in [1.82, 2.24) is 10.3 Å². The number of hydrogen-bond acceptors (Lipinski definition) is 3. The second-order valence-corrected chi connectivity index (χ2v) is 3.68. The Morgan fingerprint density at radius 2 is 2.08 bits per heavy atom. The zero-order valence-corrected chi connectivity index (χ0v) is 8.39. The predicted molar refractivity (Wildman–Crippen MR) is 52.3 cm³/mol. The number of hydrogen-bond donors (Lipinski definition) is 2. The van der Waals surface area contributed by atoms with Crippen LogP contribution < -0.4 is 11.3 Å². The van der Waals surface area contributed by atoms with Gasteiger partial charge in [-0.1, -0.05) is 0 Å². The molecule has 3 nitrogen and oxygen atoms in total. The van der Waals surface area contributed by atoms with Crippen LogP contribution in [0.2, 0.25) is 0 Å². The minimum atomic E-state index is -0.0267. The zero-order valence-electron chi connectivity index (χ0n) is 8.39. The fourth-order valence-corrected chi connectivity index (χ4v) is 0.942. The molecule has 0 saturated heterocycles. The monoisotopic (exact) mass is 169 g/mol. The van der Waals surface area contributed by atoms with E-state index in [1.54, 1.807) is 0 Å². The van der Waals surface area contributed by atoms with Crippen LogP contribution in [0.1, 0.15) is 20.3 Å². The molecule has 3 N–H and O–H groups in total. The summed E-state index contributed by atoms with van der Waals surface area (Å²) in [4.78, 5) is 2.11. The largest absolute Gasteiger partial charge is 0.303 e. The summed E-state index contributed by atoms with van der Waals surface area (Å²) in [7, 11) is 4.03. The highest BCUT2D eigenvalue weighted by Crippen LogP contribution is 2.17. The van der Waals surface area contributed by atoms with Gasteiger partial charge in [-0.15, -0.1) is 12.3 Å². The van der Waals surface area contributed by atoms with Crippen molar-refractivity contribution in [1.29, 1.82) is 0 Å². The number of nitrogens with zero attached hydrogens (tertiary/aromatic N) is 1. The first kappa shape index (κ1) is 11.4. The molecular weight excluding hydrogens is 150 g/mol. The van der Waals surface area contributed by atoms with Crippen LogP contribution in [0.15, 0.2) is 0 Å². The molecule has 0 aliphatic heterocycles. The van der Waals surface area contributed by atoms with Gasteiger partial charge in [-0.2, -0.15) is 0 Å². The zero-order chi connectivity index (χ0) is 9.78. The van der Waals surface area contributed by atoms with Crippen LogP contribution in [0, 0.1) is 12.3 Å². The van der Waals surface area contributed by atoms with Gasteiger partial charge in [-0.3, -0.25) is 11.3 Å². The second kappa shape index (κ2) is 4.46. The molecule has 70 valence electrons. The molecule has 0 heterocycles. The van der Waals surface area contributed by atoms with Crippen LogP contribution in [0.3, 0.4) is 0 Å². The Morgan fingerprint density at radius 3 is 2.33 bits per heavy atom. The molecule has 0 aromatic carbocycles. The van der Waals surface area contributed by atoms with E-state index < -0.39 is 0 Å². The Balaban J connectivity index is 4.38. The Morgan fingerprint density at radius 1 is 1.58 bits per heavy atom. The van der Waals surface area contributed by atoms with Crippen LogP contribution in [0.4, 0.5) is 0 Å². The Kier molecular flexibility index (Phi) is 4.25. The number of nitrogens with two attached hydrogens (primary N) is 1. The minimum absolute atomic E-state index is 0.0267. The van der Waals surface area contributed by atoms with E-state index in [1.165, 1.54) is 0 Å². The summed E-state index contributed by atoms with van der Waals surface area (Å²) in [6, 6.07) is 0.123. The topological polar surface area (TPSA) is 41.3 Å². The Labute approximate surface area is 75.3 Å². The van der Waals surface area contributed by atoms with Crippen molar-refractivity contribution in [2.45, 2.75) is 31.8 Å². The highest BCUT2D eigenvalue weighted by Gasteiger charge is 2.29. The van der Waals surface area contributed by atoms with Crippen molar-refractivity contribution in [2.24, 2.45) is 5.84 Å². The van der Waals surface area contributed by atoms with Crippen LogP contribution in [-0.2, 0) is 0 Å². The first-order valence-corrected chi connectivity index (χ1v) is 4.03. The lowest BCUT2D eigenvalue weighted by atomic mass is 9.91. The standard InChI is InChI=1S/C9H19N3/c1-6-7-8(11-10)9(2,3)12(4)5/h1,8,11H,7,10H2,2-5H3. The van der Waals surface area contributed by atoms with Crippen LogP contribution in [0.5, 0.6) is 0 Å². The molecule has 0 aliphatic rings. The Bertz CT molecular complexity index is 167. The predicted octanol–water partition coefficient (Wildman–Crippen LogP) is 0.182. The molecule has 0 aliphatic carbocycles. The van der Waals surface area contributed by atoms with Gasteiger partial charge in [0.05, 0.1) is 0 Å². The van der Waals surface area contributed by atoms with Crippen LogP contribution in [0.25, 0.3) is 0 Å². The highest BCUT2D eigenvalue weighted by molar-refractivity contribution is 4.98. The number of likely N-dealkylation sites (N-methyl/N-ethyl adjacent to an activating group) is 1. The van der Waals surface area contributed by atoms with Crippen molar-refractivity contribution in [3.05, 3.63) is 0 Å². The normalized spacial score (nSPS) is 14.4. The molecule has 0 aromatic rings. The summed E-state index contributed by atoms with van der Waals surface area (Å²) >= 11 is 0. The number of terminal acetylenes is 1. The minimum Gasteiger partial charge on any atom is -0.303 e. The van der Waals surface area contributed by atoms with Gasteiger partial charge in [0.2, 0.25) is 0 Å². The first-order valence-electron chi connectivity index (χ1n) is 4.03. The molecule has 0 fully saturated rings. The summed E-state index contributed by atoms with van der Waals surface area (Å²) in [5.41, 5.74) is 2.71. The third-order valence-electron chi connectivity index (χ3n) is 2.53. The molecule has 0 saturated carbocycles. The number of hydrazine groups is 1. The summed E-state index contributed by atoms with van der Waals surface area (Å²) in [5, 5.41) is 0. The quantitative estimate of drug-likeness (QED) is 0.358. The second-order valence-electron chi connectivity index (χ2n) is 3.68. The van der Waals surface area contributed by atoms with Gasteiger partial charge in [0, 0.05) is 18.0 Å². The third kappa shape index (κ3) is 2.49. The van der Waals surface area contributed by atoms with Gasteiger partial charge >= 0.3 is 0 Å². The van der Waals surface area contributed by atoms with Crippen molar-refractivity contribution in [3.63, 3.8) is 0 Å². The third-order valence-corrected chi connectivity index (χ3v) is 2.53. The average Bonchev–Trinajstić information content (AvgIpc) is 1.99. The molecule has 0 radical (unpaired) electrons. The van der Waals surface area contributed by atoms with E-state index in [1.807, 2.05) is 14.1 Å². The van der Waals surface area contributed by atoms with E-state index in [-0.39, 0.29) is 11.6 Å². The summed E-state index contributed by atoms with van der Waals surface area (Å²) in [6.45, 7) is 4.21. The molecule has 12 heavy (non-hydrogen) atoms. The van der Waals surface area contributed by atoms with Gasteiger partial charge in [-0.05, 0) is 27.9 Å². The fraction of sp³-hybridized carbons (Fsp3) is 0.778. The first-order chi connectivity index (χ1) is 5.46. The molecule has 1 unspecified atom stereocenters. The SMILES string of the molecule is C#CCC(NN)C(C)(C)N(C)C. The van der Waals surface area contributed by atoms with Crippen molar-refractivity contribution in [2.75, 3.05) is 14.1 Å². The van der Waals surface area contributed by atoms with E-state index >= 15 is 0 Å². The van der Waals surface area contributed by atoms with Crippen molar-refractivity contribution < 1.29 is 0 Å². The highest BCUT2D eigenvalue weighted by atomic mass is 15.3. The fourth-order valence-electron chi connectivity index (χ4n) is 0.942. The molecule has 0 rings (SSSR count). The van der Waals surface area contributed by atoms with Crippen molar-refractivity contribution in [3.8, 4) is 12.3 Å². The van der Waals surface area contributed by atoms with Crippen molar-refractivity contribution >= 4 is 0 Å². The van der Waals surface area contributed by atoms with E-state index in [4.69, 9.17) is 12.3 Å². The lowest BCUT2D eigenvalue weighted by molar-refractivity contribution is 0.140. The maximum Gasteiger partial charge on any atom is 0.0498 e. The lowest BCUT2D eigenvalue weighted by Crippen LogP contribution is -2.56.